The molecule has 6 heteroatoms. The van der Waals surface area contributed by atoms with Gasteiger partial charge in [-0.05, 0) is 52.3 Å². The summed E-state index contributed by atoms with van der Waals surface area (Å²) in [5.74, 6) is 0. The van der Waals surface area contributed by atoms with E-state index < -0.39 is 0 Å². The van der Waals surface area contributed by atoms with E-state index in [4.69, 9.17) is 34.8 Å². The van der Waals surface area contributed by atoms with Gasteiger partial charge in [-0.1, -0.05) is 41.7 Å². The summed E-state index contributed by atoms with van der Waals surface area (Å²) in [4.78, 5) is 1.12. The molecule has 19 heavy (non-hydrogen) atoms. The van der Waals surface area contributed by atoms with Crippen LogP contribution in [0, 0.1) is 0 Å². The van der Waals surface area contributed by atoms with Gasteiger partial charge in [0.2, 0.25) is 0 Å². The topological polar surface area (TPSA) is 12.0 Å². The third-order valence-corrected chi connectivity index (χ3v) is 5.55. The van der Waals surface area contributed by atoms with Crippen molar-refractivity contribution in [1.82, 2.24) is 5.32 Å². The quantitative estimate of drug-likeness (QED) is 0.648. The minimum atomic E-state index is 0.0370. The van der Waals surface area contributed by atoms with Crippen LogP contribution in [0.5, 0.6) is 0 Å². The van der Waals surface area contributed by atoms with Crippen molar-refractivity contribution >= 4 is 62.1 Å². The Morgan fingerprint density at radius 3 is 2.26 bits per heavy atom. The molecule has 1 atom stereocenters. The van der Waals surface area contributed by atoms with E-state index in [2.05, 4.69) is 28.2 Å². The van der Waals surface area contributed by atoms with Gasteiger partial charge in [-0.25, -0.2) is 0 Å². The highest BCUT2D eigenvalue weighted by Gasteiger charge is 2.18. The van der Waals surface area contributed by atoms with Crippen molar-refractivity contribution in [3.05, 3.63) is 53.6 Å². The molecule has 0 saturated heterocycles. The second-order valence-electron chi connectivity index (χ2n) is 3.96. The van der Waals surface area contributed by atoms with Gasteiger partial charge in [0.15, 0.2) is 0 Å². The van der Waals surface area contributed by atoms with E-state index in [-0.39, 0.29) is 6.04 Å². The molecule has 1 aromatic heterocycles. The molecule has 1 N–H and O–H groups in total. The Kier molecular flexibility index (Phi) is 5.58. The standard InChI is InChI=1S/C13H11BrCl3NS/c1-2-18-12(11-6-10(17)13(14)19-11)7-3-8(15)5-9(16)4-7/h3-6,12,18H,2H2,1H3. The molecule has 0 fully saturated rings. The van der Waals surface area contributed by atoms with E-state index in [1.165, 1.54) is 0 Å². The number of thiophene rings is 1. The first-order chi connectivity index (χ1) is 9.01. The Bertz CT molecular complexity index is 546. The van der Waals surface area contributed by atoms with E-state index >= 15 is 0 Å². The fourth-order valence-electron chi connectivity index (χ4n) is 1.83. The van der Waals surface area contributed by atoms with Crippen LogP contribution in [0.25, 0.3) is 0 Å². The molecule has 1 nitrogen and oxygen atoms in total. The Hall–Kier alpha value is 0.230. The average Bonchev–Trinajstić information content (AvgIpc) is 2.65. The Labute approximate surface area is 140 Å². The fraction of sp³-hybridized carbons (Fsp3) is 0.231. The molecule has 1 heterocycles. The van der Waals surface area contributed by atoms with Crippen LogP contribution in [0.1, 0.15) is 23.4 Å². The van der Waals surface area contributed by atoms with Crippen molar-refractivity contribution in [2.45, 2.75) is 13.0 Å². The molecule has 2 aromatic rings. The van der Waals surface area contributed by atoms with Gasteiger partial charge in [0, 0.05) is 14.9 Å². The van der Waals surface area contributed by atoms with Crippen LogP contribution in [0.2, 0.25) is 15.1 Å². The van der Waals surface area contributed by atoms with Crippen LogP contribution in [0.4, 0.5) is 0 Å². The number of hydrogen-bond acceptors (Lipinski definition) is 2. The first-order valence-corrected chi connectivity index (χ1v) is 8.39. The smallest absolute Gasteiger partial charge is 0.0888 e. The minimum absolute atomic E-state index is 0.0370. The van der Waals surface area contributed by atoms with Crippen molar-refractivity contribution in [3.63, 3.8) is 0 Å². The lowest BCUT2D eigenvalue weighted by atomic mass is 10.1. The van der Waals surface area contributed by atoms with Crippen LogP contribution < -0.4 is 5.32 Å². The third-order valence-electron chi connectivity index (χ3n) is 2.58. The maximum atomic E-state index is 6.11. The van der Waals surface area contributed by atoms with Gasteiger partial charge in [-0.3, -0.25) is 0 Å². The molecule has 0 aliphatic rings. The number of nitrogens with one attached hydrogen (secondary N) is 1. The largest absolute Gasteiger partial charge is 0.306 e. The molecule has 0 bridgehead atoms. The average molecular weight is 400 g/mol. The fourth-order valence-corrected chi connectivity index (χ4v) is 4.23. The number of halogens is 4. The molecule has 0 aliphatic carbocycles. The summed E-state index contributed by atoms with van der Waals surface area (Å²) in [5, 5.41) is 5.41. The molecule has 0 radical (unpaired) electrons. The Morgan fingerprint density at radius 1 is 1.16 bits per heavy atom. The van der Waals surface area contributed by atoms with E-state index in [0.29, 0.717) is 10.0 Å². The predicted molar refractivity (Wildman–Crippen MR) is 89.0 cm³/mol. The van der Waals surface area contributed by atoms with Crippen LogP contribution in [-0.2, 0) is 0 Å². The van der Waals surface area contributed by atoms with Gasteiger partial charge in [-0.15, -0.1) is 11.3 Å². The lowest BCUT2D eigenvalue weighted by Crippen LogP contribution is -2.21. The van der Waals surface area contributed by atoms with Crippen molar-refractivity contribution in [1.29, 1.82) is 0 Å². The van der Waals surface area contributed by atoms with Gasteiger partial charge < -0.3 is 5.32 Å². The predicted octanol–water partition coefficient (Wildman–Crippen LogP) is 6.17. The second-order valence-corrected chi connectivity index (χ2v) is 7.65. The number of benzene rings is 1. The van der Waals surface area contributed by atoms with E-state index in [1.54, 1.807) is 17.4 Å². The van der Waals surface area contributed by atoms with Gasteiger partial charge in [0.1, 0.15) is 0 Å². The number of rotatable bonds is 4. The molecule has 0 aliphatic heterocycles. The van der Waals surface area contributed by atoms with E-state index in [0.717, 1.165) is 25.8 Å². The zero-order chi connectivity index (χ0) is 14.0. The van der Waals surface area contributed by atoms with E-state index in [1.807, 2.05) is 18.2 Å². The zero-order valence-electron chi connectivity index (χ0n) is 10.0. The second kappa shape index (κ2) is 6.79. The molecule has 2 rings (SSSR count). The highest BCUT2D eigenvalue weighted by atomic mass is 79.9. The summed E-state index contributed by atoms with van der Waals surface area (Å²) in [7, 11) is 0. The molecule has 0 saturated carbocycles. The lowest BCUT2D eigenvalue weighted by Gasteiger charge is -2.17. The summed E-state index contributed by atoms with van der Waals surface area (Å²) in [5.41, 5.74) is 1.03. The first kappa shape index (κ1) is 15.6. The number of hydrogen-bond donors (Lipinski definition) is 1. The van der Waals surface area contributed by atoms with Crippen LogP contribution in [0.3, 0.4) is 0 Å². The summed E-state index contributed by atoms with van der Waals surface area (Å²) < 4.78 is 0.931. The maximum absolute atomic E-state index is 6.11. The lowest BCUT2D eigenvalue weighted by molar-refractivity contribution is 0.640. The molecule has 0 amide bonds. The van der Waals surface area contributed by atoms with Gasteiger partial charge in [0.05, 0.1) is 14.9 Å². The highest BCUT2D eigenvalue weighted by Crippen LogP contribution is 2.38. The van der Waals surface area contributed by atoms with Crippen molar-refractivity contribution in [3.8, 4) is 0 Å². The molecular weight excluding hydrogens is 388 g/mol. The highest BCUT2D eigenvalue weighted by molar-refractivity contribution is 9.11. The summed E-state index contributed by atoms with van der Waals surface area (Å²) in [6.07, 6.45) is 0. The molecular formula is C13H11BrCl3NS. The summed E-state index contributed by atoms with van der Waals surface area (Å²) >= 11 is 23.3. The van der Waals surface area contributed by atoms with Crippen molar-refractivity contribution in [2.24, 2.45) is 0 Å². The molecule has 1 unspecified atom stereocenters. The van der Waals surface area contributed by atoms with Crippen LogP contribution in [-0.4, -0.2) is 6.54 Å². The summed E-state index contributed by atoms with van der Waals surface area (Å²) in [6.45, 7) is 2.89. The molecule has 102 valence electrons. The van der Waals surface area contributed by atoms with Gasteiger partial charge >= 0.3 is 0 Å². The normalized spacial score (nSPS) is 12.7. The van der Waals surface area contributed by atoms with E-state index in [9.17, 15) is 0 Å². The van der Waals surface area contributed by atoms with Crippen LogP contribution in [0.15, 0.2) is 28.1 Å². The SMILES string of the molecule is CCNC(c1cc(Cl)cc(Cl)c1)c1cc(Cl)c(Br)s1. The van der Waals surface area contributed by atoms with Crippen LogP contribution >= 0.6 is 62.1 Å². The van der Waals surface area contributed by atoms with Gasteiger partial charge in [-0.2, -0.15) is 0 Å². The van der Waals surface area contributed by atoms with Gasteiger partial charge in [0.25, 0.3) is 0 Å². The Balaban J connectivity index is 2.44. The molecule has 1 aromatic carbocycles. The van der Waals surface area contributed by atoms with Crippen molar-refractivity contribution in [2.75, 3.05) is 6.54 Å². The summed E-state index contributed by atoms with van der Waals surface area (Å²) in [6, 6.07) is 7.56. The third kappa shape index (κ3) is 3.87. The monoisotopic (exact) mass is 397 g/mol. The zero-order valence-corrected chi connectivity index (χ0v) is 14.7. The Morgan fingerprint density at radius 2 is 1.79 bits per heavy atom. The first-order valence-electron chi connectivity index (χ1n) is 5.65. The molecule has 0 spiro atoms. The maximum Gasteiger partial charge on any atom is 0.0888 e. The minimum Gasteiger partial charge on any atom is -0.306 e. The van der Waals surface area contributed by atoms with Crippen molar-refractivity contribution < 1.29 is 0 Å².